The van der Waals surface area contributed by atoms with Crippen LogP contribution in [0, 0.1) is 0 Å². The van der Waals surface area contributed by atoms with Crippen LogP contribution in [0.25, 0.3) is 0 Å². The molecule has 0 bridgehead atoms. The number of methoxy groups -OCH3 is 1. The number of benzene rings is 2. The van der Waals surface area contributed by atoms with Crippen molar-refractivity contribution in [2.75, 3.05) is 24.8 Å². The SMILES string of the molecule is CCOc1cccc(Nc2c(N)cccc2C(=O)OC)c1. The maximum Gasteiger partial charge on any atom is 0.340 e. The Labute approximate surface area is 123 Å². The zero-order valence-corrected chi connectivity index (χ0v) is 12.1. The Kier molecular flexibility index (Phi) is 4.66. The number of nitrogens with one attached hydrogen (secondary N) is 1. The van der Waals surface area contributed by atoms with Crippen LogP contribution in [-0.4, -0.2) is 19.7 Å². The highest BCUT2D eigenvalue weighted by molar-refractivity contribution is 5.99. The highest BCUT2D eigenvalue weighted by Gasteiger charge is 2.14. The zero-order valence-electron chi connectivity index (χ0n) is 12.1. The molecule has 0 atom stereocenters. The standard InChI is InChI=1S/C16H18N2O3/c1-3-21-12-7-4-6-11(10-12)18-15-13(16(19)20-2)8-5-9-14(15)17/h4-10,18H,3,17H2,1-2H3. The summed E-state index contributed by atoms with van der Waals surface area (Å²) in [5, 5.41) is 3.15. The van der Waals surface area contributed by atoms with Crippen LogP contribution in [-0.2, 0) is 4.74 Å². The summed E-state index contributed by atoms with van der Waals surface area (Å²) in [5.74, 6) is 0.308. The van der Waals surface area contributed by atoms with Gasteiger partial charge in [0.25, 0.3) is 0 Å². The first-order valence-electron chi connectivity index (χ1n) is 6.62. The Morgan fingerprint density at radius 1 is 1.24 bits per heavy atom. The topological polar surface area (TPSA) is 73.6 Å². The summed E-state index contributed by atoms with van der Waals surface area (Å²) in [6, 6.07) is 12.5. The van der Waals surface area contributed by atoms with E-state index < -0.39 is 5.97 Å². The van der Waals surface area contributed by atoms with Crippen molar-refractivity contribution in [3.05, 3.63) is 48.0 Å². The smallest absolute Gasteiger partial charge is 0.340 e. The molecule has 2 aromatic rings. The van der Waals surface area contributed by atoms with Gasteiger partial charge in [0.2, 0.25) is 0 Å². The van der Waals surface area contributed by atoms with Crippen LogP contribution in [0.5, 0.6) is 5.75 Å². The van der Waals surface area contributed by atoms with Crippen LogP contribution in [0.4, 0.5) is 17.1 Å². The first-order valence-corrected chi connectivity index (χ1v) is 6.62. The van der Waals surface area contributed by atoms with Gasteiger partial charge in [0.05, 0.1) is 30.7 Å². The fourth-order valence-corrected chi connectivity index (χ4v) is 1.96. The molecule has 0 spiro atoms. The van der Waals surface area contributed by atoms with Crippen molar-refractivity contribution in [3.8, 4) is 5.75 Å². The fraction of sp³-hybridized carbons (Fsp3) is 0.188. The highest BCUT2D eigenvalue weighted by atomic mass is 16.5. The number of hydrogen-bond donors (Lipinski definition) is 2. The number of para-hydroxylation sites is 1. The van der Waals surface area contributed by atoms with Gasteiger partial charge in [-0.25, -0.2) is 4.79 Å². The molecule has 0 unspecified atom stereocenters. The lowest BCUT2D eigenvalue weighted by molar-refractivity contribution is 0.0602. The van der Waals surface area contributed by atoms with E-state index in [1.54, 1.807) is 18.2 Å². The average molecular weight is 286 g/mol. The summed E-state index contributed by atoms with van der Waals surface area (Å²) < 4.78 is 10.2. The van der Waals surface area contributed by atoms with Crippen LogP contribution in [0.3, 0.4) is 0 Å². The Morgan fingerprint density at radius 3 is 2.71 bits per heavy atom. The number of ether oxygens (including phenoxy) is 2. The van der Waals surface area contributed by atoms with Crippen LogP contribution in [0.15, 0.2) is 42.5 Å². The van der Waals surface area contributed by atoms with Gasteiger partial charge < -0.3 is 20.5 Å². The van der Waals surface area contributed by atoms with Gasteiger partial charge >= 0.3 is 5.97 Å². The molecule has 0 aliphatic carbocycles. The third-order valence-corrected chi connectivity index (χ3v) is 2.92. The number of esters is 1. The molecular weight excluding hydrogens is 268 g/mol. The van der Waals surface area contributed by atoms with Crippen molar-refractivity contribution >= 4 is 23.0 Å². The molecular formula is C16H18N2O3. The van der Waals surface area contributed by atoms with Gasteiger partial charge in [-0.2, -0.15) is 0 Å². The van der Waals surface area contributed by atoms with Gasteiger partial charge in [-0.05, 0) is 31.2 Å². The Bertz CT molecular complexity index is 641. The molecule has 5 heteroatoms. The molecule has 0 amide bonds. The van der Waals surface area contributed by atoms with Crippen molar-refractivity contribution in [1.29, 1.82) is 0 Å². The summed E-state index contributed by atoms with van der Waals surface area (Å²) >= 11 is 0. The van der Waals surface area contributed by atoms with Gasteiger partial charge in [-0.1, -0.05) is 12.1 Å². The van der Waals surface area contributed by atoms with E-state index in [1.165, 1.54) is 7.11 Å². The number of anilines is 3. The van der Waals surface area contributed by atoms with E-state index in [0.717, 1.165) is 11.4 Å². The van der Waals surface area contributed by atoms with Crippen molar-refractivity contribution in [3.63, 3.8) is 0 Å². The number of hydrogen-bond acceptors (Lipinski definition) is 5. The van der Waals surface area contributed by atoms with Crippen LogP contribution in [0.1, 0.15) is 17.3 Å². The third-order valence-electron chi connectivity index (χ3n) is 2.92. The minimum absolute atomic E-state index is 0.388. The molecule has 0 saturated carbocycles. The van der Waals surface area contributed by atoms with Crippen LogP contribution >= 0.6 is 0 Å². The summed E-state index contributed by atoms with van der Waals surface area (Å²) in [7, 11) is 1.34. The second kappa shape index (κ2) is 6.65. The number of rotatable bonds is 5. The number of nitrogen functional groups attached to an aromatic ring is 1. The summed E-state index contributed by atoms with van der Waals surface area (Å²) in [6.07, 6.45) is 0. The Hall–Kier alpha value is -2.69. The third kappa shape index (κ3) is 3.45. The first kappa shape index (κ1) is 14.7. The molecule has 0 fully saturated rings. The van der Waals surface area contributed by atoms with Gasteiger partial charge in [0.15, 0.2) is 0 Å². The number of carbonyl (C=O) groups is 1. The zero-order chi connectivity index (χ0) is 15.2. The molecule has 2 rings (SSSR count). The molecule has 3 N–H and O–H groups in total. The van der Waals surface area contributed by atoms with E-state index in [2.05, 4.69) is 5.32 Å². The van der Waals surface area contributed by atoms with Gasteiger partial charge in [0.1, 0.15) is 5.75 Å². The van der Waals surface area contributed by atoms with E-state index in [1.807, 2.05) is 31.2 Å². The van der Waals surface area contributed by atoms with E-state index in [9.17, 15) is 4.79 Å². The summed E-state index contributed by atoms with van der Waals surface area (Å²) in [4.78, 5) is 11.8. The molecule has 0 aromatic heterocycles. The molecule has 5 nitrogen and oxygen atoms in total. The lowest BCUT2D eigenvalue weighted by Crippen LogP contribution is -2.08. The molecule has 0 heterocycles. The molecule has 110 valence electrons. The van der Waals surface area contributed by atoms with Gasteiger partial charge in [-0.3, -0.25) is 0 Å². The predicted octanol–water partition coefficient (Wildman–Crippen LogP) is 3.20. The highest BCUT2D eigenvalue weighted by Crippen LogP contribution is 2.29. The van der Waals surface area contributed by atoms with E-state index in [-0.39, 0.29) is 0 Å². The molecule has 0 aliphatic rings. The van der Waals surface area contributed by atoms with Crippen molar-refractivity contribution < 1.29 is 14.3 Å². The van der Waals surface area contributed by atoms with E-state index in [0.29, 0.717) is 23.5 Å². The minimum Gasteiger partial charge on any atom is -0.494 e. The quantitative estimate of drug-likeness (QED) is 0.652. The van der Waals surface area contributed by atoms with E-state index >= 15 is 0 Å². The van der Waals surface area contributed by atoms with Crippen molar-refractivity contribution in [2.24, 2.45) is 0 Å². The normalized spacial score (nSPS) is 10.0. The lowest BCUT2D eigenvalue weighted by Gasteiger charge is -2.14. The average Bonchev–Trinajstić information content (AvgIpc) is 2.49. The largest absolute Gasteiger partial charge is 0.494 e. The Morgan fingerprint density at radius 2 is 2.00 bits per heavy atom. The number of nitrogens with two attached hydrogens (primary N) is 1. The summed E-state index contributed by atoms with van der Waals surface area (Å²) in [6.45, 7) is 2.51. The van der Waals surface area contributed by atoms with Crippen LogP contribution < -0.4 is 15.8 Å². The van der Waals surface area contributed by atoms with Crippen molar-refractivity contribution in [1.82, 2.24) is 0 Å². The molecule has 0 radical (unpaired) electrons. The monoisotopic (exact) mass is 286 g/mol. The lowest BCUT2D eigenvalue weighted by atomic mass is 10.1. The fourth-order valence-electron chi connectivity index (χ4n) is 1.96. The molecule has 0 aliphatic heterocycles. The first-order chi connectivity index (χ1) is 10.2. The van der Waals surface area contributed by atoms with Gasteiger partial charge in [0, 0.05) is 11.8 Å². The number of carbonyl (C=O) groups excluding carboxylic acids is 1. The van der Waals surface area contributed by atoms with E-state index in [4.69, 9.17) is 15.2 Å². The molecule has 2 aromatic carbocycles. The second-order valence-corrected chi connectivity index (χ2v) is 4.35. The maximum absolute atomic E-state index is 11.8. The second-order valence-electron chi connectivity index (χ2n) is 4.35. The Balaban J connectivity index is 2.35. The molecule has 21 heavy (non-hydrogen) atoms. The minimum atomic E-state index is -0.439. The van der Waals surface area contributed by atoms with Gasteiger partial charge in [-0.15, -0.1) is 0 Å². The van der Waals surface area contributed by atoms with Crippen molar-refractivity contribution in [2.45, 2.75) is 6.92 Å². The maximum atomic E-state index is 11.8. The summed E-state index contributed by atoms with van der Waals surface area (Å²) in [5.41, 5.74) is 8.12. The molecule has 0 saturated heterocycles. The van der Waals surface area contributed by atoms with Crippen LogP contribution in [0.2, 0.25) is 0 Å². The predicted molar refractivity (Wildman–Crippen MR) is 83.1 cm³/mol.